The van der Waals surface area contributed by atoms with E-state index in [0.717, 1.165) is 31.4 Å². The van der Waals surface area contributed by atoms with Crippen molar-refractivity contribution in [1.82, 2.24) is 30.4 Å². The van der Waals surface area contributed by atoms with Crippen LogP contribution in [0.5, 0.6) is 0 Å². The van der Waals surface area contributed by atoms with E-state index in [4.69, 9.17) is 10.3 Å². The Morgan fingerprint density at radius 2 is 1.86 bits per heavy atom. The highest BCUT2D eigenvalue weighted by Gasteiger charge is 2.23. The number of amides is 1. The molecule has 10 nitrogen and oxygen atoms in total. The van der Waals surface area contributed by atoms with Crippen molar-refractivity contribution < 1.29 is 9.32 Å². The van der Waals surface area contributed by atoms with Crippen molar-refractivity contribution in [3.05, 3.63) is 36.2 Å². The smallest absolute Gasteiger partial charge is 0.316 e. The van der Waals surface area contributed by atoms with E-state index in [2.05, 4.69) is 30.4 Å². The lowest BCUT2D eigenvalue weighted by atomic mass is 10.2. The molecule has 1 aliphatic carbocycles. The highest BCUT2D eigenvalue weighted by Crippen LogP contribution is 2.22. The van der Waals surface area contributed by atoms with Crippen LogP contribution in [0.3, 0.4) is 0 Å². The molecule has 1 aromatic carbocycles. The summed E-state index contributed by atoms with van der Waals surface area (Å²) in [5.74, 6) is 0.0375. The average Bonchev–Trinajstić information content (AvgIpc) is 3.39. The average molecular weight is 380 g/mol. The monoisotopic (exact) mass is 380 g/mol. The fraction of sp³-hybridized carbons (Fsp3) is 0.333. The van der Waals surface area contributed by atoms with E-state index in [1.165, 1.54) is 0 Å². The van der Waals surface area contributed by atoms with Crippen molar-refractivity contribution in [1.29, 1.82) is 0 Å². The van der Waals surface area contributed by atoms with Gasteiger partial charge in [-0.1, -0.05) is 36.2 Å². The van der Waals surface area contributed by atoms with Gasteiger partial charge in [-0.25, -0.2) is 0 Å². The Morgan fingerprint density at radius 1 is 1.11 bits per heavy atom. The summed E-state index contributed by atoms with van der Waals surface area (Å²) in [6.07, 6.45) is 4.15. The fourth-order valence-corrected chi connectivity index (χ4v) is 3.12. The molecule has 3 N–H and O–H groups in total. The summed E-state index contributed by atoms with van der Waals surface area (Å²) in [6, 6.07) is 9.72. The Balaban J connectivity index is 1.57. The molecule has 10 heteroatoms. The van der Waals surface area contributed by atoms with Gasteiger partial charge < -0.3 is 20.5 Å². The van der Waals surface area contributed by atoms with Gasteiger partial charge in [0.1, 0.15) is 0 Å². The minimum Gasteiger partial charge on any atom is -0.368 e. The van der Waals surface area contributed by atoms with Gasteiger partial charge in [-0.05, 0) is 25.0 Å². The number of carbonyl (C=O) groups is 1. The van der Waals surface area contributed by atoms with Crippen LogP contribution in [-0.2, 0) is 0 Å². The molecule has 1 fully saturated rings. The molecule has 1 saturated carbocycles. The first-order valence-electron chi connectivity index (χ1n) is 9.05. The molecule has 1 amide bonds. The SMILES string of the molecule is CN(c1ccccc1)c1nc(N)nc(-c2noc(C(=O)NC3CCCC3)n2)n1. The molecular weight excluding hydrogens is 360 g/mol. The normalized spacial score (nSPS) is 14.2. The van der Waals surface area contributed by atoms with Crippen LogP contribution in [0, 0.1) is 0 Å². The summed E-state index contributed by atoms with van der Waals surface area (Å²) < 4.78 is 5.09. The predicted molar refractivity (Wildman–Crippen MR) is 102 cm³/mol. The van der Waals surface area contributed by atoms with E-state index in [0.29, 0.717) is 5.95 Å². The van der Waals surface area contributed by atoms with Gasteiger partial charge in [0.25, 0.3) is 0 Å². The second kappa shape index (κ2) is 7.59. The summed E-state index contributed by atoms with van der Waals surface area (Å²) in [4.78, 5) is 30.8. The van der Waals surface area contributed by atoms with E-state index < -0.39 is 5.91 Å². The van der Waals surface area contributed by atoms with Crippen LogP contribution in [0.25, 0.3) is 11.6 Å². The Bertz CT molecular complexity index is 969. The van der Waals surface area contributed by atoms with Crippen LogP contribution in [0.1, 0.15) is 36.4 Å². The standard InChI is InChI=1S/C18H20N8O2/c1-26(12-9-3-2-4-10-12)18-23-13(22-17(19)24-18)14-21-16(28-25-14)15(27)20-11-7-5-6-8-11/h2-4,9-11H,5-8H2,1H3,(H,20,27)(H2,19,22,23,24). The first-order valence-corrected chi connectivity index (χ1v) is 9.05. The quantitative estimate of drug-likeness (QED) is 0.680. The number of para-hydroxylation sites is 1. The number of benzene rings is 1. The van der Waals surface area contributed by atoms with Gasteiger partial charge in [0.2, 0.25) is 23.5 Å². The summed E-state index contributed by atoms with van der Waals surface area (Å²) in [5, 5.41) is 6.72. The zero-order valence-electron chi connectivity index (χ0n) is 15.4. The van der Waals surface area contributed by atoms with E-state index in [-0.39, 0.29) is 29.5 Å². The molecule has 0 unspecified atom stereocenters. The van der Waals surface area contributed by atoms with Crippen LogP contribution < -0.4 is 16.0 Å². The van der Waals surface area contributed by atoms with Crippen molar-refractivity contribution >= 4 is 23.5 Å². The van der Waals surface area contributed by atoms with Crippen LogP contribution in [0.2, 0.25) is 0 Å². The van der Waals surface area contributed by atoms with Crippen molar-refractivity contribution in [3.63, 3.8) is 0 Å². The number of aromatic nitrogens is 5. The van der Waals surface area contributed by atoms with E-state index >= 15 is 0 Å². The summed E-state index contributed by atoms with van der Waals surface area (Å²) in [6.45, 7) is 0. The Morgan fingerprint density at radius 3 is 2.61 bits per heavy atom. The van der Waals surface area contributed by atoms with E-state index in [9.17, 15) is 4.79 Å². The predicted octanol–water partition coefficient (Wildman–Crippen LogP) is 1.94. The molecule has 0 atom stereocenters. The second-order valence-electron chi connectivity index (χ2n) is 6.59. The maximum absolute atomic E-state index is 12.3. The van der Waals surface area contributed by atoms with Gasteiger partial charge in [-0.2, -0.15) is 19.9 Å². The first kappa shape index (κ1) is 17.8. The van der Waals surface area contributed by atoms with E-state index in [1.54, 1.807) is 4.90 Å². The molecule has 0 bridgehead atoms. The number of nitrogen functional groups attached to an aromatic ring is 1. The maximum Gasteiger partial charge on any atom is 0.316 e. The highest BCUT2D eigenvalue weighted by atomic mass is 16.5. The summed E-state index contributed by atoms with van der Waals surface area (Å²) in [7, 11) is 1.81. The zero-order valence-corrected chi connectivity index (χ0v) is 15.4. The number of anilines is 3. The zero-order chi connectivity index (χ0) is 19.5. The number of hydrogen-bond acceptors (Lipinski definition) is 9. The van der Waals surface area contributed by atoms with Crippen LogP contribution in [0.4, 0.5) is 17.6 Å². The molecule has 0 saturated heterocycles. The number of rotatable bonds is 5. The molecule has 0 spiro atoms. The lowest BCUT2D eigenvalue weighted by molar-refractivity contribution is 0.0893. The van der Waals surface area contributed by atoms with Crippen molar-refractivity contribution in [2.24, 2.45) is 0 Å². The number of hydrogen-bond donors (Lipinski definition) is 2. The number of nitrogens with two attached hydrogens (primary N) is 1. The third-order valence-electron chi connectivity index (χ3n) is 4.60. The van der Waals surface area contributed by atoms with Crippen LogP contribution in [-0.4, -0.2) is 44.1 Å². The third kappa shape index (κ3) is 3.75. The first-order chi connectivity index (χ1) is 13.6. The summed E-state index contributed by atoms with van der Waals surface area (Å²) in [5.41, 5.74) is 6.71. The van der Waals surface area contributed by atoms with Gasteiger partial charge in [-0.15, -0.1) is 0 Å². The lowest BCUT2D eigenvalue weighted by Crippen LogP contribution is -2.32. The summed E-state index contributed by atoms with van der Waals surface area (Å²) >= 11 is 0. The van der Waals surface area contributed by atoms with E-state index in [1.807, 2.05) is 37.4 Å². The highest BCUT2D eigenvalue weighted by molar-refractivity contribution is 5.90. The van der Waals surface area contributed by atoms with Crippen molar-refractivity contribution in [2.45, 2.75) is 31.7 Å². The minimum atomic E-state index is -0.394. The molecule has 4 rings (SSSR count). The van der Waals surface area contributed by atoms with Crippen molar-refractivity contribution in [2.75, 3.05) is 17.7 Å². The van der Waals surface area contributed by atoms with Gasteiger partial charge in [0.05, 0.1) is 0 Å². The third-order valence-corrected chi connectivity index (χ3v) is 4.60. The largest absolute Gasteiger partial charge is 0.368 e. The van der Waals surface area contributed by atoms with Gasteiger partial charge >= 0.3 is 11.8 Å². The topological polar surface area (TPSA) is 136 Å². The molecule has 0 aliphatic heterocycles. The lowest BCUT2D eigenvalue weighted by Gasteiger charge is -2.17. The number of nitrogens with one attached hydrogen (secondary N) is 1. The van der Waals surface area contributed by atoms with Crippen molar-refractivity contribution in [3.8, 4) is 11.6 Å². The molecule has 2 heterocycles. The van der Waals surface area contributed by atoms with Gasteiger partial charge in [0.15, 0.2) is 0 Å². The molecular formula is C18H20N8O2. The molecule has 28 heavy (non-hydrogen) atoms. The molecule has 0 radical (unpaired) electrons. The minimum absolute atomic E-state index is 0.0181. The molecule has 1 aliphatic rings. The number of nitrogens with zero attached hydrogens (tertiary/aromatic N) is 6. The van der Waals surface area contributed by atoms with Gasteiger partial charge in [0, 0.05) is 18.8 Å². The Labute approximate surface area is 161 Å². The van der Waals surface area contributed by atoms with Crippen LogP contribution in [0.15, 0.2) is 34.9 Å². The van der Waals surface area contributed by atoms with Gasteiger partial charge in [-0.3, -0.25) is 4.79 Å². The Kier molecular flexibility index (Phi) is 4.83. The molecule has 144 valence electrons. The molecule has 3 aromatic rings. The number of carbonyl (C=O) groups excluding carboxylic acids is 1. The Hall–Kier alpha value is -3.56. The van der Waals surface area contributed by atoms with Crippen LogP contribution >= 0.6 is 0 Å². The fourth-order valence-electron chi connectivity index (χ4n) is 3.12. The maximum atomic E-state index is 12.3. The second-order valence-corrected chi connectivity index (χ2v) is 6.59. The molecule has 2 aromatic heterocycles.